The van der Waals surface area contributed by atoms with E-state index in [1.165, 1.54) is 0 Å². The lowest BCUT2D eigenvalue weighted by Crippen LogP contribution is -2.44. The summed E-state index contributed by atoms with van der Waals surface area (Å²) in [6.45, 7) is 26.1. The van der Waals surface area contributed by atoms with Crippen LogP contribution in [0.25, 0.3) is 0 Å². The van der Waals surface area contributed by atoms with E-state index >= 15 is 0 Å². The van der Waals surface area contributed by atoms with Crippen molar-refractivity contribution in [2.24, 2.45) is 4.99 Å². The number of nitrogens with zero attached hydrogens (tertiary/aromatic N) is 2. The smallest absolute Gasteiger partial charge is 0.192 e. The Kier molecular flexibility index (Phi) is 9.77. The molecule has 1 aliphatic rings. The number of nitrogens with one attached hydrogen (secondary N) is 1. The first-order valence-corrected chi connectivity index (χ1v) is 17.6. The summed E-state index contributed by atoms with van der Waals surface area (Å²) in [6.07, 6.45) is 4.58. The number of nitriles is 1. The zero-order chi connectivity index (χ0) is 24.1. The molecule has 0 aromatic carbocycles. The van der Waals surface area contributed by atoms with Crippen molar-refractivity contribution < 1.29 is 8.85 Å². The maximum atomic E-state index is 9.70. The Morgan fingerprint density at radius 3 is 2.16 bits per heavy atom. The molecule has 1 aliphatic heterocycles. The summed E-state index contributed by atoms with van der Waals surface area (Å²) in [5.74, 6) is 0. The molecule has 0 spiro atoms. The average molecular weight is 466 g/mol. The zero-order valence-corrected chi connectivity index (χ0v) is 24.0. The summed E-state index contributed by atoms with van der Waals surface area (Å²) < 4.78 is 12.7. The van der Waals surface area contributed by atoms with Crippen molar-refractivity contribution >= 4 is 22.3 Å². The lowest BCUT2D eigenvalue weighted by Gasteiger charge is -2.37. The Bertz CT molecular complexity index is 695. The van der Waals surface area contributed by atoms with Gasteiger partial charge in [0.1, 0.15) is 6.07 Å². The van der Waals surface area contributed by atoms with Crippen LogP contribution in [0.2, 0.25) is 36.3 Å². The van der Waals surface area contributed by atoms with Crippen LogP contribution in [0.5, 0.6) is 0 Å². The summed E-state index contributed by atoms with van der Waals surface area (Å²) in [7, 11) is -3.56. The summed E-state index contributed by atoms with van der Waals surface area (Å²) in [6, 6.07) is 2.69. The summed E-state index contributed by atoms with van der Waals surface area (Å²) in [5, 5.41) is 13.5. The minimum absolute atomic E-state index is 0.157. The van der Waals surface area contributed by atoms with E-state index in [0.29, 0.717) is 18.8 Å². The molecule has 178 valence electrons. The summed E-state index contributed by atoms with van der Waals surface area (Å²) in [4.78, 5) is 4.82. The maximum Gasteiger partial charge on any atom is 0.192 e. The lowest BCUT2D eigenvalue weighted by molar-refractivity contribution is 0.248. The Morgan fingerprint density at radius 1 is 1.13 bits per heavy atom. The predicted molar refractivity (Wildman–Crippen MR) is 138 cm³/mol. The SMILES string of the molecule is CC[C@@H](CO[Si](C)(C)C(C)(C)C)N/C=C(/C#N)C1=N[C@H](CO[Si](C)(C)C(C)(C)C)CC1. The van der Waals surface area contributed by atoms with E-state index in [-0.39, 0.29) is 22.2 Å². The van der Waals surface area contributed by atoms with Crippen LogP contribution in [0.3, 0.4) is 0 Å². The number of hydrogen-bond acceptors (Lipinski definition) is 5. The van der Waals surface area contributed by atoms with E-state index in [2.05, 4.69) is 86.0 Å². The highest BCUT2D eigenvalue weighted by Crippen LogP contribution is 2.37. The molecule has 0 aromatic heterocycles. The molecule has 0 bridgehead atoms. The van der Waals surface area contributed by atoms with E-state index in [1.54, 1.807) is 0 Å². The fraction of sp³-hybridized carbons (Fsp3) is 0.833. The Hall–Kier alpha value is -0.946. The van der Waals surface area contributed by atoms with E-state index in [0.717, 1.165) is 25.0 Å². The van der Waals surface area contributed by atoms with E-state index in [9.17, 15) is 5.26 Å². The van der Waals surface area contributed by atoms with Gasteiger partial charge in [0.25, 0.3) is 0 Å². The van der Waals surface area contributed by atoms with Crippen LogP contribution >= 0.6 is 0 Å². The number of rotatable bonds is 10. The van der Waals surface area contributed by atoms with Crippen LogP contribution in [0.1, 0.15) is 67.7 Å². The Morgan fingerprint density at radius 2 is 1.68 bits per heavy atom. The monoisotopic (exact) mass is 465 g/mol. The molecule has 2 atom stereocenters. The molecular weight excluding hydrogens is 418 g/mol. The minimum atomic E-state index is -1.78. The molecule has 0 aliphatic carbocycles. The van der Waals surface area contributed by atoms with Gasteiger partial charge in [-0.15, -0.1) is 0 Å². The molecule has 0 aromatic rings. The van der Waals surface area contributed by atoms with Gasteiger partial charge in [0.15, 0.2) is 16.6 Å². The largest absolute Gasteiger partial charge is 0.415 e. The van der Waals surface area contributed by atoms with Gasteiger partial charge in [-0.25, -0.2) is 0 Å². The van der Waals surface area contributed by atoms with Crippen LogP contribution in [-0.4, -0.2) is 47.6 Å². The van der Waals surface area contributed by atoms with Gasteiger partial charge in [-0.3, -0.25) is 4.99 Å². The van der Waals surface area contributed by atoms with Crippen molar-refractivity contribution in [3.8, 4) is 6.07 Å². The molecule has 31 heavy (non-hydrogen) atoms. The predicted octanol–water partition coefficient (Wildman–Crippen LogP) is 6.41. The van der Waals surface area contributed by atoms with Crippen LogP contribution in [0.4, 0.5) is 0 Å². The van der Waals surface area contributed by atoms with E-state index < -0.39 is 16.6 Å². The maximum absolute atomic E-state index is 9.70. The first-order chi connectivity index (χ1) is 14.0. The average Bonchev–Trinajstić information content (AvgIpc) is 3.10. The van der Waals surface area contributed by atoms with Crippen molar-refractivity contribution in [1.29, 1.82) is 5.26 Å². The van der Waals surface area contributed by atoms with Crippen molar-refractivity contribution in [2.75, 3.05) is 13.2 Å². The normalized spacial score (nSPS) is 19.7. The fourth-order valence-corrected chi connectivity index (χ4v) is 4.78. The van der Waals surface area contributed by atoms with E-state index in [4.69, 9.17) is 13.8 Å². The fourth-order valence-electron chi connectivity index (χ4n) is 2.69. The number of allylic oxidation sites excluding steroid dienone is 1. The second-order valence-electron chi connectivity index (χ2n) is 11.9. The van der Waals surface area contributed by atoms with Gasteiger partial charge in [0, 0.05) is 12.2 Å². The van der Waals surface area contributed by atoms with Gasteiger partial charge < -0.3 is 14.2 Å². The second-order valence-corrected chi connectivity index (χ2v) is 21.5. The molecule has 0 radical (unpaired) electrons. The van der Waals surface area contributed by atoms with Gasteiger partial charge in [-0.05, 0) is 55.5 Å². The quantitative estimate of drug-likeness (QED) is 0.299. The van der Waals surface area contributed by atoms with Crippen LogP contribution in [0, 0.1) is 11.3 Å². The molecule has 0 amide bonds. The third-order valence-corrected chi connectivity index (χ3v) is 16.3. The van der Waals surface area contributed by atoms with Gasteiger partial charge in [-0.1, -0.05) is 48.5 Å². The highest BCUT2D eigenvalue weighted by molar-refractivity contribution is 6.74. The van der Waals surface area contributed by atoms with Crippen LogP contribution in [-0.2, 0) is 8.85 Å². The van der Waals surface area contributed by atoms with Crippen molar-refractivity contribution in [1.82, 2.24) is 5.32 Å². The summed E-state index contributed by atoms with van der Waals surface area (Å²) >= 11 is 0. The molecule has 0 unspecified atom stereocenters. The molecule has 0 saturated carbocycles. The molecule has 5 nitrogen and oxygen atoms in total. The summed E-state index contributed by atoms with van der Waals surface area (Å²) in [5.41, 5.74) is 1.54. The van der Waals surface area contributed by atoms with Crippen molar-refractivity contribution in [3.05, 3.63) is 11.8 Å². The Balaban J connectivity index is 2.72. The third-order valence-electron chi connectivity index (χ3n) is 7.33. The van der Waals surface area contributed by atoms with E-state index in [1.807, 2.05) is 6.20 Å². The Labute approximate surface area is 194 Å². The van der Waals surface area contributed by atoms with Crippen LogP contribution in [0.15, 0.2) is 16.8 Å². The standard InChI is InChI=1S/C24H47N3O2Si2/c1-12-20(17-28-30(8,9)23(2,3)4)26-16-19(15-25)22-14-13-21(27-22)18-29-31(10,11)24(5,6)7/h16,20-21,26H,12-14,17-18H2,1-11H3/b19-16-/t20-,21-/m0/s1. The first-order valence-electron chi connectivity index (χ1n) is 11.8. The highest BCUT2D eigenvalue weighted by Gasteiger charge is 2.38. The number of aliphatic imine (C=N–C) groups is 1. The third kappa shape index (κ3) is 8.16. The molecule has 0 saturated heterocycles. The number of hydrogen-bond donors (Lipinski definition) is 1. The van der Waals surface area contributed by atoms with Gasteiger partial charge in [0.05, 0.1) is 30.5 Å². The second kappa shape index (κ2) is 10.8. The highest BCUT2D eigenvalue weighted by atomic mass is 28.4. The van der Waals surface area contributed by atoms with Gasteiger partial charge >= 0.3 is 0 Å². The first kappa shape index (κ1) is 28.1. The molecule has 1 N–H and O–H groups in total. The molecule has 1 rings (SSSR count). The molecule has 7 heteroatoms. The molecule has 1 heterocycles. The lowest BCUT2D eigenvalue weighted by atomic mass is 10.1. The van der Waals surface area contributed by atoms with Gasteiger partial charge in [-0.2, -0.15) is 5.26 Å². The van der Waals surface area contributed by atoms with Gasteiger partial charge in [0.2, 0.25) is 0 Å². The molecule has 0 fully saturated rings. The minimum Gasteiger partial charge on any atom is -0.415 e. The topological polar surface area (TPSA) is 66.6 Å². The van der Waals surface area contributed by atoms with Crippen molar-refractivity contribution in [2.45, 2.75) is 116 Å². The zero-order valence-electron chi connectivity index (χ0n) is 22.0. The van der Waals surface area contributed by atoms with Crippen LogP contribution < -0.4 is 5.32 Å². The van der Waals surface area contributed by atoms with Crippen molar-refractivity contribution in [3.63, 3.8) is 0 Å². The molecular formula is C24H47N3O2Si2.